The number of aromatic amines is 1. The molecule has 3 aromatic rings. The molecule has 0 spiro atoms. The highest BCUT2D eigenvalue weighted by atomic mass is 32.1. The lowest BCUT2D eigenvalue weighted by molar-refractivity contribution is 0.146. The Kier molecular flexibility index (Phi) is 5.53. The molecule has 1 N–H and O–H groups in total. The minimum Gasteiger partial charge on any atom is -0.307 e. The quantitative estimate of drug-likeness (QED) is 0.706. The van der Waals surface area contributed by atoms with Gasteiger partial charge in [-0.25, -0.2) is 18.7 Å². The van der Waals surface area contributed by atoms with Crippen LogP contribution in [0.25, 0.3) is 11.4 Å². The van der Waals surface area contributed by atoms with Gasteiger partial charge in [-0.1, -0.05) is 18.2 Å². The summed E-state index contributed by atoms with van der Waals surface area (Å²) in [7, 11) is 2.00. The third-order valence-corrected chi connectivity index (χ3v) is 5.03. The molecule has 1 aromatic carbocycles. The SMILES string of the molecule is CC(c1nccs1)N(C)Cc1cccc(-c2nc(C(F)F)cc(=O)[nH]2)c1. The monoisotopic (exact) mass is 376 g/mol. The lowest BCUT2D eigenvalue weighted by Gasteiger charge is -2.23. The first-order valence-corrected chi connectivity index (χ1v) is 8.90. The highest BCUT2D eigenvalue weighted by Crippen LogP contribution is 2.24. The zero-order valence-corrected chi connectivity index (χ0v) is 15.1. The first-order valence-electron chi connectivity index (χ1n) is 8.02. The van der Waals surface area contributed by atoms with Crippen molar-refractivity contribution >= 4 is 11.3 Å². The van der Waals surface area contributed by atoms with Gasteiger partial charge in [-0.3, -0.25) is 9.69 Å². The second-order valence-corrected chi connectivity index (χ2v) is 6.91. The molecule has 0 saturated carbocycles. The number of benzene rings is 1. The van der Waals surface area contributed by atoms with Gasteiger partial charge in [0.2, 0.25) is 0 Å². The number of nitrogens with one attached hydrogen (secondary N) is 1. The minimum absolute atomic E-state index is 0.144. The number of rotatable bonds is 6. The van der Waals surface area contributed by atoms with Gasteiger partial charge in [0.1, 0.15) is 16.5 Å². The lowest BCUT2D eigenvalue weighted by Crippen LogP contribution is -2.21. The maximum atomic E-state index is 12.9. The molecule has 2 aromatic heterocycles. The third-order valence-electron chi connectivity index (χ3n) is 4.09. The molecule has 1 unspecified atom stereocenters. The summed E-state index contributed by atoms with van der Waals surface area (Å²) in [6.45, 7) is 2.72. The molecule has 3 rings (SSSR count). The first-order chi connectivity index (χ1) is 12.4. The molecular weight excluding hydrogens is 358 g/mol. The van der Waals surface area contributed by atoms with Crippen molar-refractivity contribution in [2.75, 3.05) is 7.05 Å². The molecule has 0 fully saturated rings. The predicted molar refractivity (Wildman–Crippen MR) is 97.2 cm³/mol. The van der Waals surface area contributed by atoms with Gasteiger partial charge in [0.15, 0.2) is 0 Å². The average molecular weight is 376 g/mol. The second-order valence-electron chi connectivity index (χ2n) is 5.98. The summed E-state index contributed by atoms with van der Waals surface area (Å²) in [5, 5.41) is 2.97. The Labute approximate surface area is 153 Å². The first kappa shape index (κ1) is 18.3. The topological polar surface area (TPSA) is 61.9 Å². The second kappa shape index (κ2) is 7.84. The van der Waals surface area contributed by atoms with E-state index in [2.05, 4.69) is 26.8 Å². The minimum atomic E-state index is -2.79. The molecule has 0 bridgehead atoms. The van der Waals surface area contributed by atoms with E-state index in [-0.39, 0.29) is 11.9 Å². The maximum Gasteiger partial charge on any atom is 0.280 e. The fourth-order valence-electron chi connectivity index (χ4n) is 2.60. The van der Waals surface area contributed by atoms with Gasteiger partial charge in [-0.2, -0.15) is 0 Å². The summed E-state index contributed by atoms with van der Waals surface area (Å²) in [5.41, 5.74) is 0.463. The van der Waals surface area contributed by atoms with Crippen LogP contribution >= 0.6 is 11.3 Å². The highest BCUT2D eigenvalue weighted by Gasteiger charge is 2.15. The Morgan fingerprint density at radius 1 is 1.31 bits per heavy atom. The fourth-order valence-corrected chi connectivity index (χ4v) is 3.36. The highest BCUT2D eigenvalue weighted by molar-refractivity contribution is 7.09. The Bertz CT molecular complexity index is 927. The molecule has 0 amide bonds. The van der Waals surface area contributed by atoms with Crippen molar-refractivity contribution in [1.29, 1.82) is 0 Å². The molecule has 0 saturated heterocycles. The molecule has 0 aliphatic heterocycles. The standard InChI is InChI=1S/C18H18F2N4OS/c1-11(18-21-6-7-26-18)24(2)10-12-4-3-5-13(8-12)17-22-14(16(19)20)9-15(25)23-17/h3-9,11,16H,10H2,1-2H3,(H,22,23,25). The molecule has 1 atom stereocenters. The van der Waals surface area contributed by atoms with E-state index in [9.17, 15) is 13.6 Å². The third kappa shape index (κ3) is 4.20. The number of nitrogens with zero attached hydrogens (tertiary/aromatic N) is 3. The largest absolute Gasteiger partial charge is 0.307 e. The van der Waals surface area contributed by atoms with Crippen LogP contribution < -0.4 is 5.56 Å². The van der Waals surface area contributed by atoms with Gasteiger partial charge in [-0.15, -0.1) is 11.3 Å². The van der Waals surface area contributed by atoms with Crippen LogP contribution in [0.15, 0.2) is 46.7 Å². The average Bonchev–Trinajstić information content (AvgIpc) is 3.15. The molecule has 0 aliphatic rings. The van der Waals surface area contributed by atoms with Crippen LogP contribution in [0, 0.1) is 0 Å². The Morgan fingerprint density at radius 3 is 2.81 bits per heavy atom. The van der Waals surface area contributed by atoms with E-state index >= 15 is 0 Å². The predicted octanol–water partition coefficient (Wildman–Crippen LogP) is 4.02. The normalized spacial score (nSPS) is 12.7. The number of hydrogen-bond acceptors (Lipinski definition) is 5. The summed E-state index contributed by atoms with van der Waals surface area (Å²) < 4.78 is 25.8. The molecule has 2 heterocycles. The van der Waals surface area contributed by atoms with E-state index in [1.165, 1.54) is 0 Å². The summed E-state index contributed by atoms with van der Waals surface area (Å²) in [4.78, 5) is 24.5. The van der Waals surface area contributed by atoms with Gasteiger partial charge < -0.3 is 4.98 Å². The summed E-state index contributed by atoms with van der Waals surface area (Å²) >= 11 is 1.60. The van der Waals surface area contributed by atoms with Crippen molar-refractivity contribution < 1.29 is 8.78 Å². The van der Waals surface area contributed by atoms with Crippen LogP contribution in [0.5, 0.6) is 0 Å². The van der Waals surface area contributed by atoms with Crippen LogP contribution in [-0.4, -0.2) is 26.9 Å². The molecule has 26 heavy (non-hydrogen) atoms. The van der Waals surface area contributed by atoms with Crippen LogP contribution in [0.1, 0.15) is 35.7 Å². The smallest absolute Gasteiger partial charge is 0.280 e. The van der Waals surface area contributed by atoms with Gasteiger partial charge in [0.05, 0.1) is 6.04 Å². The van der Waals surface area contributed by atoms with Crippen molar-refractivity contribution in [1.82, 2.24) is 19.9 Å². The number of thiazole rings is 1. The van der Waals surface area contributed by atoms with Crippen molar-refractivity contribution in [3.05, 3.63) is 68.5 Å². The van der Waals surface area contributed by atoms with Gasteiger partial charge in [-0.05, 0) is 25.6 Å². The summed E-state index contributed by atoms with van der Waals surface area (Å²) in [6.07, 6.45) is -1.01. The van der Waals surface area contributed by atoms with E-state index in [4.69, 9.17) is 0 Å². The van der Waals surface area contributed by atoms with E-state index in [1.54, 1.807) is 23.6 Å². The van der Waals surface area contributed by atoms with Crippen LogP contribution in [-0.2, 0) is 6.54 Å². The Morgan fingerprint density at radius 2 is 2.12 bits per heavy atom. The van der Waals surface area contributed by atoms with Crippen LogP contribution in [0.4, 0.5) is 8.78 Å². The zero-order valence-electron chi connectivity index (χ0n) is 14.3. The summed E-state index contributed by atoms with van der Waals surface area (Å²) in [5.74, 6) is 0.144. The van der Waals surface area contributed by atoms with E-state index in [0.717, 1.165) is 16.6 Å². The van der Waals surface area contributed by atoms with Crippen molar-refractivity contribution in [3.8, 4) is 11.4 Å². The molecule has 0 radical (unpaired) electrons. The van der Waals surface area contributed by atoms with E-state index in [0.29, 0.717) is 12.1 Å². The van der Waals surface area contributed by atoms with Crippen LogP contribution in [0.3, 0.4) is 0 Å². The van der Waals surface area contributed by atoms with Gasteiger partial charge in [0, 0.05) is 29.8 Å². The lowest BCUT2D eigenvalue weighted by atomic mass is 10.1. The molecular formula is C18H18F2N4OS. The van der Waals surface area contributed by atoms with Gasteiger partial charge in [0.25, 0.3) is 12.0 Å². The van der Waals surface area contributed by atoms with Crippen molar-refractivity contribution in [3.63, 3.8) is 0 Å². The van der Waals surface area contributed by atoms with Crippen molar-refractivity contribution in [2.45, 2.75) is 25.9 Å². The number of hydrogen-bond donors (Lipinski definition) is 1. The summed E-state index contributed by atoms with van der Waals surface area (Å²) in [6, 6.07) is 8.32. The van der Waals surface area contributed by atoms with E-state index < -0.39 is 17.7 Å². The molecule has 5 nitrogen and oxygen atoms in total. The van der Waals surface area contributed by atoms with Crippen molar-refractivity contribution in [2.24, 2.45) is 0 Å². The molecule has 8 heteroatoms. The number of aromatic nitrogens is 3. The van der Waals surface area contributed by atoms with Gasteiger partial charge >= 0.3 is 0 Å². The maximum absolute atomic E-state index is 12.9. The Hall–Kier alpha value is -2.45. The zero-order chi connectivity index (χ0) is 18.7. The molecule has 136 valence electrons. The van der Waals surface area contributed by atoms with E-state index in [1.807, 2.05) is 30.6 Å². The molecule has 0 aliphatic carbocycles. The number of halogens is 2. The fraction of sp³-hybridized carbons (Fsp3) is 0.278. The number of H-pyrrole nitrogens is 1. The van der Waals surface area contributed by atoms with Crippen LogP contribution in [0.2, 0.25) is 0 Å². The number of alkyl halides is 2. The Balaban J connectivity index is 1.84.